The predicted octanol–water partition coefficient (Wildman–Crippen LogP) is 3.36. The van der Waals surface area contributed by atoms with Crippen LogP contribution in [-0.2, 0) is 17.5 Å². The SMILES string of the molecule is O=C(Nc1cc(F)cc(C(F)(F)F)c1)N1CCCO[C@@H](Cn2cccn2)C1. The van der Waals surface area contributed by atoms with E-state index in [-0.39, 0.29) is 18.3 Å². The molecule has 6 nitrogen and oxygen atoms in total. The molecule has 0 saturated carbocycles. The van der Waals surface area contributed by atoms with Crippen molar-refractivity contribution in [3.05, 3.63) is 48.0 Å². The van der Waals surface area contributed by atoms with Gasteiger partial charge >= 0.3 is 12.2 Å². The Bertz CT molecular complexity index is 780. The van der Waals surface area contributed by atoms with Gasteiger partial charge in [-0.05, 0) is 30.7 Å². The van der Waals surface area contributed by atoms with Gasteiger partial charge in [0.15, 0.2) is 0 Å². The standard InChI is InChI=1S/C17H18F4N4O2/c18-13-7-12(17(19,20)21)8-14(9-13)23-16(26)24-4-2-6-27-15(10-24)11-25-5-1-3-22-25/h1,3,5,7-9,15H,2,4,6,10-11H2,(H,23,26)/t15-/m1/s1. The number of ether oxygens (including phenoxy) is 1. The Labute approximate surface area is 152 Å². The van der Waals surface area contributed by atoms with Gasteiger partial charge in [-0.2, -0.15) is 18.3 Å². The van der Waals surface area contributed by atoms with Crippen LogP contribution in [0.5, 0.6) is 0 Å². The van der Waals surface area contributed by atoms with E-state index in [1.165, 1.54) is 4.90 Å². The Hall–Kier alpha value is -2.62. The molecule has 1 N–H and O–H groups in total. The molecule has 2 heterocycles. The quantitative estimate of drug-likeness (QED) is 0.823. The third kappa shape index (κ3) is 5.19. The Morgan fingerprint density at radius 1 is 1.33 bits per heavy atom. The third-order valence-electron chi connectivity index (χ3n) is 4.06. The van der Waals surface area contributed by atoms with Gasteiger partial charge in [0.25, 0.3) is 0 Å². The van der Waals surface area contributed by atoms with Gasteiger partial charge in [-0.1, -0.05) is 0 Å². The molecule has 0 radical (unpaired) electrons. The van der Waals surface area contributed by atoms with Crippen LogP contribution in [0.4, 0.5) is 28.0 Å². The van der Waals surface area contributed by atoms with Gasteiger partial charge in [0.2, 0.25) is 0 Å². The number of hydrogen-bond donors (Lipinski definition) is 1. The van der Waals surface area contributed by atoms with Gasteiger partial charge in [0.05, 0.1) is 24.8 Å². The maximum absolute atomic E-state index is 13.5. The summed E-state index contributed by atoms with van der Waals surface area (Å²) in [6.07, 6.45) is -1.03. The number of alkyl halides is 3. The molecule has 1 aliphatic rings. The average molecular weight is 386 g/mol. The summed E-state index contributed by atoms with van der Waals surface area (Å²) in [5, 5.41) is 6.43. The highest BCUT2D eigenvalue weighted by atomic mass is 19.4. The number of amides is 2. The lowest BCUT2D eigenvalue weighted by molar-refractivity contribution is -0.137. The second kappa shape index (κ2) is 7.95. The summed E-state index contributed by atoms with van der Waals surface area (Å²) < 4.78 is 59.3. The number of aromatic nitrogens is 2. The van der Waals surface area contributed by atoms with Gasteiger partial charge in [0.1, 0.15) is 5.82 Å². The topological polar surface area (TPSA) is 59.4 Å². The molecule has 146 valence electrons. The number of carbonyl (C=O) groups excluding carboxylic acids is 1. The van der Waals surface area contributed by atoms with Crippen LogP contribution >= 0.6 is 0 Å². The molecule has 0 aliphatic carbocycles. The zero-order chi connectivity index (χ0) is 19.4. The van der Waals surface area contributed by atoms with Crippen molar-refractivity contribution in [1.29, 1.82) is 0 Å². The minimum Gasteiger partial charge on any atom is -0.374 e. The summed E-state index contributed by atoms with van der Waals surface area (Å²) in [6, 6.07) is 3.10. The number of carbonyl (C=O) groups is 1. The molecule has 3 rings (SSSR count). The van der Waals surface area contributed by atoms with Crippen LogP contribution in [0.25, 0.3) is 0 Å². The smallest absolute Gasteiger partial charge is 0.374 e. The number of hydrogen-bond acceptors (Lipinski definition) is 3. The first kappa shape index (κ1) is 19.2. The van der Waals surface area contributed by atoms with Crippen molar-refractivity contribution < 1.29 is 27.1 Å². The van der Waals surface area contributed by atoms with Crippen LogP contribution in [0.15, 0.2) is 36.7 Å². The van der Waals surface area contributed by atoms with Crippen molar-refractivity contribution in [2.24, 2.45) is 0 Å². The first-order valence-electron chi connectivity index (χ1n) is 8.34. The second-order valence-electron chi connectivity index (χ2n) is 6.18. The van der Waals surface area contributed by atoms with E-state index < -0.39 is 23.6 Å². The van der Waals surface area contributed by atoms with E-state index in [1.807, 2.05) is 0 Å². The lowest BCUT2D eigenvalue weighted by Crippen LogP contribution is -2.41. The molecule has 0 bridgehead atoms. The van der Waals surface area contributed by atoms with E-state index in [0.717, 1.165) is 6.07 Å². The summed E-state index contributed by atoms with van der Waals surface area (Å²) >= 11 is 0. The van der Waals surface area contributed by atoms with Gasteiger partial charge in [-0.25, -0.2) is 9.18 Å². The van der Waals surface area contributed by atoms with Gasteiger partial charge in [-0.15, -0.1) is 0 Å². The van der Waals surface area contributed by atoms with Crippen molar-refractivity contribution in [1.82, 2.24) is 14.7 Å². The second-order valence-corrected chi connectivity index (χ2v) is 6.18. The number of rotatable bonds is 3. The molecule has 1 fully saturated rings. The number of urea groups is 1. The maximum atomic E-state index is 13.5. The van der Waals surface area contributed by atoms with Crippen molar-refractivity contribution >= 4 is 11.7 Å². The van der Waals surface area contributed by atoms with Crippen molar-refractivity contribution in [2.45, 2.75) is 25.2 Å². The minimum absolute atomic E-state index is 0.243. The van der Waals surface area contributed by atoms with Crippen LogP contribution in [0, 0.1) is 5.82 Å². The first-order chi connectivity index (χ1) is 12.8. The van der Waals surface area contributed by atoms with Gasteiger partial charge in [-0.3, -0.25) is 4.68 Å². The highest BCUT2D eigenvalue weighted by Crippen LogP contribution is 2.31. The van der Waals surface area contributed by atoms with Crippen LogP contribution in [0.3, 0.4) is 0 Å². The molecule has 2 amide bonds. The Morgan fingerprint density at radius 3 is 2.85 bits per heavy atom. The Morgan fingerprint density at radius 2 is 2.15 bits per heavy atom. The number of anilines is 1. The van der Waals surface area contributed by atoms with Gasteiger partial charge < -0.3 is 15.0 Å². The van der Waals surface area contributed by atoms with E-state index in [1.54, 1.807) is 23.1 Å². The molecule has 1 aromatic heterocycles. The van der Waals surface area contributed by atoms with Gasteiger partial charge in [0, 0.05) is 31.2 Å². The average Bonchev–Trinajstić information content (AvgIpc) is 2.97. The fourth-order valence-electron chi connectivity index (χ4n) is 2.84. The summed E-state index contributed by atoms with van der Waals surface area (Å²) in [6.45, 7) is 1.51. The zero-order valence-corrected chi connectivity index (χ0v) is 14.2. The molecule has 0 spiro atoms. The molecule has 10 heteroatoms. The van der Waals surface area contributed by atoms with Crippen LogP contribution in [-0.4, -0.2) is 46.5 Å². The van der Waals surface area contributed by atoms with Crippen LogP contribution < -0.4 is 5.32 Å². The highest BCUT2D eigenvalue weighted by molar-refractivity contribution is 5.89. The summed E-state index contributed by atoms with van der Waals surface area (Å²) in [5.41, 5.74) is -1.41. The van der Waals surface area contributed by atoms with Crippen molar-refractivity contribution in [3.8, 4) is 0 Å². The maximum Gasteiger partial charge on any atom is 0.416 e. The van der Waals surface area contributed by atoms with E-state index in [0.29, 0.717) is 38.2 Å². The lowest BCUT2D eigenvalue weighted by atomic mass is 10.2. The summed E-state index contributed by atoms with van der Waals surface area (Å²) in [7, 11) is 0. The monoisotopic (exact) mass is 386 g/mol. The van der Waals surface area contributed by atoms with E-state index in [9.17, 15) is 22.4 Å². The largest absolute Gasteiger partial charge is 0.416 e. The molecule has 1 atom stereocenters. The molecular weight excluding hydrogens is 368 g/mol. The Kier molecular flexibility index (Phi) is 5.64. The highest BCUT2D eigenvalue weighted by Gasteiger charge is 2.32. The zero-order valence-electron chi connectivity index (χ0n) is 14.2. The van der Waals surface area contributed by atoms with Crippen LogP contribution in [0.1, 0.15) is 12.0 Å². The molecule has 1 aliphatic heterocycles. The van der Waals surface area contributed by atoms with Crippen molar-refractivity contribution in [2.75, 3.05) is 25.0 Å². The first-order valence-corrected chi connectivity index (χ1v) is 8.34. The van der Waals surface area contributed by atoms with Crippen LogP contribution in [0.2, 0.25) is 0 Å². The molecule has 1 saturated heterocycles. The summed E-state index contributed by atoms with van der Waals surface area (Å²) in [4.78, 5) is 13.9. The fraction of sp³-hybridized carbons (Fsp3) is 0.412. The van der Waals surface area contributed by atoms with E-state index in [2.05, 4.69) is 10.4 Å². The number of nitrogens with one attached hydrogen (secondary N) is 1. The Balaban J connectivity index is 1.68. The third-order valence-corrected chi connectivity index (χ3v) is 4.06. The normalized spacial score (nSPS) is 18.2. The van der Waals surface area contributed by atoms with E-state index >= 15 is 0 Å². The fourth-order valence-corrected chi connectivity index (χ4v) is 2.84. The molecule has 1 aromatic carbocycles. The molecular formula is C17H18F4N4O2. The number of benzene rings is 1. The predicted molar refractivity (Wildman–Crippen MR) is 88.6 cm³/mol. The molecule has 2 aromatic rings. The van der Waals surface area contributed by atoms with E-state index in [4.69, 9.17) is 4.74 Å². The molecule has 27 heavy (non-hydrogen) atoms. The summed E-state index contributed by atoms with van der Waals surface area (Å²) in [5.74, 6) is -1.07. The molecule has 0 unspecified atom stereocenters. The number of halogens is 4. The van der Waals surface area contributed by atoms with Crippen molar-refractivity contribution in [3.63, 3.8) is 0 Å². The lowest BCUT2D eigenvalue weighted by Gasteiger charge is -2.24. The number of nitrogens with zero attached hydrogens (tertiary/aromatic N) is 3. The minimum atomic E-state index is -4.70.